The normalized spacial score (nSPS) is 21.7. The quantitative estimate of drug-likeness (QED) is 0.702. The van der Waals surface area contributed by atoms with Crippen molar-refractivity contribution in [3.05, 3.63) is 28.5 Å². The Morgan fingerprint density at radius 3 is 3.12 bits per heavy atom. The molecule has 16 heavy (non-hydrogen) atoms. The van der Waals surface area contributed by atoms with Crippen LogP contribution in [0.15, 0.2) is 12.3 Å². The first-order valence-electron chi connectivity index (χ1n) is 5.45. The Morgan fingerprint density at radius 1 is 1.62 bits per heavy atom. The van der Waals surface area contributed by atoms with Crippen molar-refractivity contribution >= 4 is 11.6 Å². The van der Waals surface area contributed by atoms with E-state index < -0.39 is 0 Å². The molecule has 0 spiro atoms. The lowest BCUT2D eigenvalue weighted by Crippen LogP contribution is -2.30. The van der Waals surface area contributed by atoms with Gasteiger partial charge in [0.2, 0.25) is 0 Å². The van der Waals surface area contributed by atoms with E-state index in [9.17, 15) is 0 Å². The Balaban J connectivity index is 2.24. The molecule has 0 radical (unpaired) electrons. The molecule has 1 aromatic rings. The summed E-state index contributed by atoms with van der Waals surface area (Å²) >= 11 is 5.82. The van der Waals surface area contributed by atoms with E-state index in [1.54, 1.807) is 6.20 Å². The molecule has 0 aliphatic carbocycles. The van der Waals surface area contributed by atoms with Crippen LogP contribution in [0.3, 0.4) is 0 Å². The third-order valence-corrected chi connectivity index (χ3v) is 3.38. The zero-order valence-corrected chi connectivity index (χ0v) is 10.0. The van der Waals surface area contributed by atoms with Gasteiger partial charge in [-0.3, -0.25) is 0 Å². The first-order valence-corrected chi connectivity index (χ1v) is 5.82. The lowest BCUT2D eigenvalue weighted by atomic mass is 9.91. The van der Waals surface area contributed by atoms with Gasteiger partial charge in [0.25, 0.3) is 0 Å². The summed E-state index contributed by atoms with van der Waals surface area (Å²) in [6.07, 6.45) is 4.16. The fraction of sp³-hybridized carbons (Fsp3) is 0.500. The molecule has 1 aromatic heterocycles. The predicted molar refractivity (Wildman–Crippen MR) is 63.4 cm³/mol. The molecule has 2 rings (SSSR count). The van der Waals surface area contributed by atoms with Gasteiger partial charge >= 0.3 is 0 Å². The number of hydrogen-bond acceptors (Lipinski definition) is 3. The van der Waals surface area contributed by atoms with Gasteiger partial charge in [0, 0.05) is 12.7 Å². The van der Waals surface area contributed by atoms with Crippen LogP contribution in [-0.2, 0) is 0 Å². The molecule has 1 aliphatic heterocycles. The third-order valence-electron chi connectivity index (χ3n) is 3.08. The molecule has 1 saturated heterocycles. The molecule has 0 saturated carbocycles. The van der Waals surface area contributed by atoms with E-state index in [1.165, 1.54) is 12.8 Å². The number of likely N-dealkylation sites (N-methyl/N-ethyl adjacent to an activating group) is 1. The summed E-state index contributed by atoms with van der Waals surface area (Å²) < 4.78 is 0. The molecule has 0 aromatic carbocycles. The molecule has 0 amide bonds. The lowest BCUT2D eigenvalue weighted by molar-refractivity contribution is 0.250. The molecule has 0 N–H and O–H groups in total. The van der Waals surface area contributed by atoms with Crippen molar-refractivity contribution in [1.82, 2.24) is 9.88 Å². The Bertz CT molecular complexity index is 425. The SMILES string of the molecule is CN1CCCC(c2cnc(Cl)c(C#N)c2)C1. The molecule has 4 heteroatoms. The summed E-state index contributed by atoms with van der Waals surface area (Å²) in [6.45, 7) is 2.19. The lowest BCUT2D eigenvalue weighted by Gasteiger charge is -2.29. The molecule has 3 nitrogen and oxygen atoms in total. The zero-order valence-electron chi connectivity index (χ0n) is 9.28. The molecule has 2 heterocycles. The van der Waals surface area contributed by atoms with E-state index in [2.05, 4.69) is 23.0 Å². The minimum absolute atomic E-state index is 0.301. The standard InChI is InChI=1S/C12H14ClN3/c1-16-4-2-3-9(8-16)11-5-10(6-14)12(13)15-7-11/h5,7,9H,2-4,8H2,1H3. The van der Waals surface area contributed by atoms with Gasteiger partial charge in [0.15, 0.2) is 0 Å². The van der Waals surface area contributed by atoms with Crippen molar-refractivity contribution in [1.29, 1.82) is 5.26 Å². The van der Waals surface area contributed by atoms with Crippen LogP contribution in [0, 0.1) is 11.3 Å². The highest BCUT2D eigenvalue weighted by Crippen LogP contribution is 2.27. The smallest absolute Gasteiger partial charge is 0.146 e. The Labute approximate surface area is 101 Å². The number of hydrogen-bond donors (Lipinski definition) is 0. The highest BCUT2D eigenvalue weighted by Gasteiger charge is 2.19. The molecule has 1 atom stereocenters. The number of nitriles is 1. The topological polar surface area (TPSA) is 39.9 Å². The van der Waals surface area contributed by atoms with E-state index in [0.29, 0.717) is 16.6 Å². The van der Waals surface area contributed by atoms with Gasteiger partial charge in [-0.2, -0.15) is 5.26 Å². The molecular weight excluding hydrogens is 222 g/mol. The number of rotatable bonds is 1. The van der Waals surface area contributed by atoms with E-state index >= 15 is 0 Å². The van der Waals surface area contributed by atoms with Crippen LogP contribution < -0.4 is 0 Å². The first-order chi connectivity index (χ1) is 7.70. The van der Waals surface area contributed by atoms with Gasteiger partial charge < -0.3 is 4.90 Å². The summed E-state index contributed by atoms with van der Waals surface area (Å²) in [5.41, 5.74) is 1.61. The molecule has 1 aliphatic rings. The highest BCUT2D eigenvalue weighted by atomic mass is 35.5. The van der Waals surface area contributed by atoms with Gasteiger partial charge in [0.05, 0.1) is 5.56 Å². The van der Waals surface area contributed by atoms with Crippen molar-refractivity contribution < 1.29 is 0 Å². The average Bonchev–Trinajstić information content (AvgIpc) is 2.29. The minimum atomic E-state index is 0.301. The Morgan fingerprint density at radius 2 is 2.44 bits per heavy atom. The first kappa shape index (κ1) is 11.4. The maximum atomic E-state index is 8.91. The fourth-order valence-corrected chi connectivity index (χ4v) is 2.35. The van der Waals surface area contributed by atoms with Crippen LogP contribution in [0.5, 0.6) is 0 Å². The van der Waals surface area contributed by atoms with Gasteiger partial charge in [-0.05, 0) is 44.0 Å². The third kappa shape index (κ3) is 2.34. The van der Waals surface area contributed by atoms with Crippen LogP contribution in [0.1, 0.15) is 29.9 Å². The summed E-state index contributed by atoms with van der Waals surface area (Å²) in [7, 11) is 2.13. The minimum Gasteiger partial charge on any atom is -0.306 e. The molecule has 1 fully saturated rings. The monoisotopic (exact) mass is 235 g/mol. The summed E-state index contributed by atoms with van der Waals surface area (Å²) in [4.78, 5) is 6.39. The second kappa shape index (κ2) is 4.82. The summed E-state index contributed by atoms with van der Waals surface area (Å²) in [5, 5.41) is 9.21. The second-order valence-electron chi connectivity index (χ2n) is 4.32. The van der Waals surface area contributed by atoms with Crippen LogP contribution in [0.25, 0.3) is 0 Å². The molecule has 84 valence electrons. The van der Waals surface area contributed by atoms with Crippen molar-refractivity contribution in [3.63, 3.8) is 0 Å². The highest BCUT2D eigenvalue weighted by molar-refractivity contribution is 6.30. The van der Waals surface area contributed by atoms with E-state index in [1.807, 2.05) is 6.07 Å². The number of halogens is 1. The van der Waals surface area contributed by atoms with Crippen molar-refractivity contribution in [2.75, 3.05) is 20.1 Å². The van der Waals surface area contributed by atoms with Crippen molar-refractivity contribution in [3.8, 4) is 6.07 Å². The van der Waals surface area contributed by atoms with Crippen molar-refractivity contribution in [2.24, 2.45) is 0 Å². The predicted octanol–water partition coefficient (Wildman–Crippen LogP) is 2.42. The maximum absolute atomic E-state index is 8.91. The molecular formula is C12H14ClN3. The molecule has 0 bridgehead atoms. The Hall–Kier alpha value is -1.11. The van der Waals surface area contributed by atoms with Gasteiger partial charge in [0.1, 0.15) is 11.2 Å². The Kier molecular flexibility index (Phi) is 3.42. The molecule has 1 unspecified atom stereocenters. The number of piperidine rings is 1. The number of nitrogens with zero attached hydrogens (tertiary/aromatic N) is 3. The van der Waals surface area contributed by atoms with Gasteiger partial charge in [-0.15, -0.1) is 0 Å². The fourth-order valence-electron chi connectivity index (χ4n) is 2.20. The summed E-state index contributed by atoms with van der Waals surface area (Å²) in [6, 6.07) is 3.95. The number of likely N-dealkylation sites (tertiary alicyclic amines) is 1. The van der Waals surface area contributed by atoms with Crippen molar-refractivity contribution in [2.45, 2.75) is 18.8 Å². The average molecular weight is 236 g/mol. The van der Waals surface area contributed by atoms with Crippen LogP contribution >= 0.6 is 11.6 Å². The second-order valence-corrected chi connectivity index (χ2v) is 4.68. The van der Waals surface area contributed by atoms with E-state index in [0.717, 1.165) is 18.7 Å². The largest absolute Gasteiger partial charge is 0.306 e. The van der Waals surface area contributed by atoms with Crippen LogP contribution in [0.2, 0.25) is 5.15 Å². The van der Waals surface area contributed by atoms with E-state index in [-0.39, 0.29) is 0 Å². The van der Waals surface area contributed by atoms with Gasteiger partial charge in [-0.25, -0.2) is 4.98 Å². The van der Waals surface area contributed by atoms with E-state index in [4.69, 9.17) is 16.9 Å². The number of pyridine rings is 1. The zero-order chi connectivity index (χ0) is 11.5. The maximum Gasteiger partial charge on any atom is 0.146 e. The van der Waals surface area contributed by atoms with Gasteiger partial charge in [-0.1, -0.05) is 11.6 Å². The van der Waals surface area contributed by atoms with Crippen LogP contribution in [-0.4, -0.2) is 30.0 Å². The van der Waals surface area contributed by atoms with Crippen LogP contribution in [0.4, 0.5) is 0 Å². The number of aromatic nitrogens is 1. The summed E-state index contributed by atoms with van der Waals surface area (Å²) in [5.74, 6) is 0.482.